The molecule has 0 saturated heterocycles. The first kappa shape index (κ1) is 24.1. The van der Waals surface area contributed by atoms with Crippen molar-refractivity contribution in [3.05, 3.63) is 80.7 Å². The molecule has 9 nitrogen and oxygen atoms in total. The summed E-state index contributed by atoms with van der Waals surface area (Å²) in [6.45, 7) is -3.22. The van der Waals surface area contributed by atoms with E-state index in [0.717, 1.165) is 4.57 Å². The van der Waals surface area contributed by atoms with Crippen LogP contribution in [0.4, 0.5) is 13.2 Å². The Morgan fingerprint density at radius 3 is 2.46 bits per heavy atom. The molecular weight excluding hydrogens is 469 g/mol. The predicted octanol–water partition coefficient (Wildman–Crippen LogP) is 2.86. The van der Waals surface area contributed by atoms with Gasteiger partial charge in [0.25, 0.3) is 5.56 Å². The van der Waals surface area contributed by atoms with Gasteiger partial charge in [-0.15, -0.1) is 0 Å². The zero-order chi connectivity index (χ0) is 25.1. The van der Waals surface area contributed by atoms with Crippen LogP contribution in [-0.2, 0) is 20.1 Å². The summed E-state index contributed by atoms with van der Waals surface area (Å²) in [7, 11) is 1.44. The molecule has 0 saturated carbocycles. The number of fused-ring (bicyclic) bond motifs is 1. The van der Waals surface area contributed by atoms with Crippen LogP contribution in [0.1, 0.15) is 12.0 Å². The molecule has 0 aliphatic heterocycles. The Morgan fingerprint density at radius 1 is 1.06 bits per heavy atom. The minimum atomic E-state index is -3.03. The van der Waals surface area contributed by atoms with Crippen molar-refractivity contribution in [1.82, 2.24) is 18.7 Å². The zero-order valence-electron chi connectivity index (χ0n) is 18.5. The summed E-state index contributed by atoms with van der Waals surface area (Å²) in [5.74, 6) is -0.479. The van der Waals surface area contributed by atoms with E-state index < -0.39 is 23.7 Å². The molecule has 4 aromatic rings. The molecule has 0 spiro atoms. The highest BCUT2D eigenvalue weighted by molar-refractivity contribution is 5.72. The molecule has 2 heterocycles. The predicted molar refractivity (Wildman–Crippen MR) is 120 cm³/mol. The SMILES string of the molecule is Cn1c(=O)n(CCCO)c(=O)c2c1nc(Oc1cccc(OC(F)F)c1)n2Cc1ccc(F)cc1. The van der Waals surface area contributed by atoms with Crippen molar-refractivity contribution >= 4 is 11.2 Å². The van der Waals surface area contributed by atoms with Crippen LogP contribution in [0.2, 0.25) is 0 Å². The van der Waals surface area contributed by atoms with Gasteiger partial charge in [0.2, 0.25) is 0 Å². The molecule has 1 N–H and O–H groups in total. The van der Waals surface area contributed by atoms with E-state index in [9.17, 15) is 22.8 Å². The van der Waals surface area contributed by atoms with E-state index in [4.69, 9.17) is 9.84 Å². The summed E-state index contributed by atoms with van der Waals surface area (Å²) in [6, 6.07) is 10.9. The number of imidazole rings is 1. The fourth-order valence-corrected chi connectivity index (χ4v) is 3.59. The lowest BCUT2D eigenvalue weighted by molar-refractivity contribution is -0.0499. The highest BCUT2D eigenvalue weighted by Gasteiger charge is 2.22. The van der Waals surface area contributed by atoms with Gasteiger partial charge in [0.15, 0.2) is 11.2 Å². The molecule has 0 aliphatic rings. The third-order valence-electron chi connectivity index (χ3n) is 5.23. The first-order chi connectivity index (χ1) is 16.8. The quantitative estimate of drug-likeness (QED) is 0.387. The maximum Gasteiger partial charge on any atom is 0.387 e. The monoisotopic (exact) mass is 490 g/mol. The zero-order valence-corrected chi connectivity index (χ0v) is 18.5. The number of aryl methyl sites for hydroxylation is 1. The van der Waals surface area contributed by atoms with Crippen molar-refractivity contribution in [1.29, 1.82) is 0 Å². The van der Waals surface area contributed by atoms with Crippen LogP contribution in [0.15, 0.2) is 58.1 Å². The summed E-state index contributed by atoms with van der Waals surface area (Å²) >= 11 is 0. The molecule has 2 aromatic heterocycles. The summed E-state index contributed by atoms with van der Waals surface area (Å²) in [6.07, 6.45) is 0.188. The van der Waals surface area contributed by atoms with Crippen molar-refractivity contribution in [3.8, 4) is 17.5 Å². The molecule has 4 rings (SSSR count). The van der Waals surface area contributed by atoms with E-state index in [1.807, 2.05) is 0 Å². The Morgan fingerprint density at radius 2 is 1.77 bits per heavy atom. The number of halogens is 3. The van der Waals surface area contributed by atoms with Crippen LogP contribution in [0.25, 0.3) is 11.2 Å². The Bertz CT molecular complexity index is 1460. The lowest BCUT2D eigenvalue weighted by Crippen LogP contribution is -2.39. The fourth-order valence-electron chi connectivity index (χ4n) is 3.59. The van der Waals surface area contributed by atoms with E-state index in [-0.39, 0.29) is 54.8 Å². The van der Waals surface area contributed by atoms with Gasteiger partial charge in [-0.25, -0.2) is 9.18 Å². The summed E-state index contributed by atoms with van der Waals surface area (Å²) in [5, 5.41) is 9.16. The number of nitrogens with zero attached hydrogens (tertiary/aromatic N) is 4. The molecule has 35 heavy (non-hydrogen) atoms. The van der Waals surface area contributed by atoms with Gasteiger partial charge in [0, 0.05) is 26.3 Å². The van der Waals surface area contributed by atoms with E-state index in [1.54, 1.807) is 0 Å². The lowest BCUT2D eigenvalue weighted by Gasteiger charge is -2.12. The molecule has 0 atom stereocenters. The number of aromatic nitrogens is 4. The van der Waals surface area contributed by atoms with Gasteiger partial charge in [-0.1, -0.05) is 18.2 Å². The van der Waals surface area contributed by atoms with Crippen molar-refractivity contribution in [2.75, 3.05) is 6.61 Å². The van der Waals surface area contributed by atoms with Crippen LogP contribution >= 0.6 is 0 Å². The summed E-state index contributed by atoms with van der Waals surface area (Å²) < 4.78 is 52.5. The van der Waals surface area contributed by atoms with E-state index in [1.165, 1.54) is 64.7 Å². The van der Waals surface area contributed by atoms with Crippen LogP contribution in [0.3, 0.4) is 0 Å². The largest absolute Gasteiger partial charge is 0.435 e. The van der Waals surface area contributed by atoms with Gasteiger partial charge < -0.3 is 14.6 Å². The number of alkyl halides is 2. The van der Waals surface area contributed by atoms with Gasteiger partial charge in [-0.05, 0) is 36.2 Å². The topological polar surface area (TPSA) is 101 Å². The van der Waals surface area contributed by atoms with Gasteiger partial charge in [-0.3, -0.25) is 18.5 Å². The number of aliphatic hydroxyl groups is 1. The molecule has 0 bridgehead atoms. The molecule has 0 unspecified atom stereocenters. The van der Waals surface area contributed by atoms with Crippen molar-refractivity contribution in [2.45, 2.75) is 26.1 Å². The van der Waals surface area contributed by atoms with Crippen LogP contribution in [0.5, 0.6) is 17.5 Å². The Kier molecular flexibility index (Phi) is 6.92. The number of rotatable bonds is 9. The minimum Gasteiger partial charge on any atom is -0.435 e. The van der Waals surface area contributed by atoms with Crippen molar-refractivity contribution < 1.29 is 27.8 Å². The first-order valence-corrected chi connectivity index (χ1v) is 10.6. The molecule has 0 amide bonds. The normalized spacial score (nSPS) is 11.4. The number of hydrogen-bond acceptors (Lipinski definition) is 6. The molecule has 184 valence electrons. The lowest BCUT2D eigenvalue weighted by atomic mass is 10.2. The maximum atomic E-state index is 13.4. The average molecular weight is 490 g/mol. The molecule has 12 heteroatoms. The Labute approximate surface area is 196 Å². The number of hydrogen-bond donors (Lipinski definition) is 1. The standard InChI is InChI=1S/C23H21F3N4O5/c1-28-19-18(20(32)29(23(28)33)10-3-11-31)30(13-14-6-8-15(24)9-7-14)22(27-19)35-17-5-2-4-16(12-17)34-21(25)26/h2,4-9,12,21,31H,3,10-11,13H2,1H3. The van der Waals surface area contributed by atoms with E-state index in [0.29, 0.717) is 5.56 Å². The van der Waals surface area contributed by atoms with Gasteiger partial charge in [0.1, 0.15) is 17.3 Å². The maximum absolute atomic E-state index is 13.4. The molecule has 0 radical (unpaired) electrons. The summed E-state index contributed by atoms with van der Waals surface area (Å²) in [5.41, 5.74) is -0.570. The third-order valence-corrected chi connectivity index (χ3v) is 5.23. The number of benzene rings is 2. The first-order valence-electron chi connectivity index (χ1n) is 10.6. The number of aliphatic hydroxyl groups excluding tert-OH is 1. The van der Waals surface area contributed by atoms with Gasteiger partial charge >= 0.3 is 18.3 Å². The molecule has 0 fully saturated rings. The third kappa shape index (κ3) is 5.06. The van der Waals surface area contributed by atoms with Gasteiger partial charge in [0.05, 0.1) is 6.54 Å². The average Bonchev–Trinajstić information content (AvgIpc) is 3.17. The number of ether oxygens (including phenoxy) is 2. The molecular formula is C23H21F3N4O5. The smallest absolute Gasteiger partial charge is 0.387 e. The van der Waals surface area contributed by atoms with Crippen molar-refractivity contribution in [2.24, 2.45) is 7.05 Å². The molecule has 2 aromatic carbocycles. The molecule has 0 aliphatic carbocycles. The second kappa shape index (κ2) is 10.1. The Balaban J connectivity index is 1.88. The summed E-state index contributed by atoms with van der Waals surface area (Å²) in [4.78, 5) is 30.4. The second-order valence-electron chi connectivity index (χ2n) is 7.61. The van der Waals surface area contributed by atoms with E-state index in [2.05, 4.69) is 9.72 Å². The fraction of sp³-hybridized carbons (Fsp3) is 0.261. The minimum absolute atomic E-state index is 0.0110. The van der Waals surface area contributed by atoms with Crippen LogP contribution in [0, 0.1) is 5.82 Å². The second-order valence-corrected chi connectivity index (χ2v) is 7.61. The van der Waals surface area contributed by atoms with Crippen molar-refractivity contribution in [3.63, 3.8) is 0 Å². The van der Waals surface area contributed by atoms with Crippen LogP contribution in [-0.4, -0.2) is 37.0 Å². The van der Waals surface area contributed by atoms with Gasteiger partial charge in [-0.2, -0.15) is 13.8 Å². The Hall–Kier alpha value is -4.06. The highest BCUT2D eigenvalue weighted by Crippen LogP contribution is 2.28. The van der Waals surface area contributed by atoms with E-state index >= 15 is 0 Å². The highest BCUT2D eigenvalue weighted by atomic mass is 19.3. The van der Waals surface area contributed by atoms with Crippen LogP contribution < -0.4 is 20.7 Å².